The molecule has 0 atom stereocenters. The Morgan fingerprint density at radius 3 is 2.64 bits per heavy atom. The zero-order valence-corrected chi connectivity index (χ0v) is 12.8. The molecule has 0 saturated heterocycles. The van der Waals surface area contributed by atoms with Crippen molar-refractivity contribution in [2.45, 2.75) is 19.8 Å². The second-order valence-corrected chi connectivity index (χ2v) is 5.13. The fourth-order valence-corrected chi connectivity index (χ4v) is 1.97. The highest BCUT2D eigenvalue weighted by atomic mass is 19.1. The van der Waals surface area contributed by atoms with Gasteiger partial charge >= 0.3 is 0 Å². The number of nitrogens with zero attached hydrogens (tertiary/aromatic N) is 2. The van der Waals surface area contributed by atoms with Crippen molar-refractivity contribution < 1.29 is 13.9 Å². The number of carbonyl (C=O) groups is 1. The minimum absolute atomic E-state index is 0.0616. The van der Waals surface area contributed by atoms with Crippen LogP contribution in [0.15, 0.2) is 42.7 Å². The lowest BCUT2D eigenvalue weighted by molar-refractivity contribution is -0.127. The Labute approximate surface area is 129 Å². The summed E-state index contributed by atoms with van der Waals surface area (Å²) in [6, 6.07) is 7.76. The van der Waals surface area contributed by atoms with Crippen LogP contribution < -0.4 is 4.74 Å². The van der Waals surface area contributed by atoms with E-state index in [0.29, 0.717) is 18.0 Å². The zero-order chi connectivity index (χ0) is 15.9. The van der Waals surface area contributed by atoms with Crippen molar-refractivity contribution in [3.05, 3.63) is 54.1 Å². The third kappa shape index (κ3) is 4.84. The molecule has 0 aliphatic carbocycles. The number of rotatable bonds is 6. The maximum atomic E-state index is 12.9. The van der Waals surface area contributed by atoms with Gasteiger partial charge < -0.3 is 9.64 Å². The Morgan fingerprint density at radius 2 is 1.95 bits per heavy atom. The van der Waals surface area contributed by atoms with Gasteiger partial charge in [-0.2, -0.15) is 0 Å². The molecular formula is C17H19FN2O2. The molecule has 22 heavy (non-hydrogen) atoms. The summed E-state index contributed by atoms with van der Waals surface area (Å²) in [5.74, 6) is 0.945. The zero-order valence-electron chi connectivity index (χ0n) is 12.8. The molecule has 0 saturated carbocycles. The normalized spacial score (nSPS) is 10.3. The maximum Gasteiger partial charge on any atom is 0.219 e. The van der Waals surface area contributed by atoms with Gasteiger partial charge in [0, 0.05) is 26.7 Å². The van der Waals surface area contributed by atoms with E-state index in [1.807, 2.05) is 6.07 Å². The van der Waals surface area contributed by atoms with E-state index >= 15 is 0 Å². The number of ether oxygens (including phenoxy) is 1. The van der Waals surface area contributed by atoms with Crippen molar-refractivity contribution in [1.29, 1.82) is 0 Å². The first-order chi connectivity index (χ1) is 10.5. The monoisotopic (exact) mass is 302 g/mol. The quantitative estimate of drug-likeness (QED) is 0.821. The van der Waals surface area contributed by atoms with E-state index in [4.69, 9.17) is 4.74 Å². The summed E-state index contributed by atoms with van der Waals surface area (Å²) in [6.45, 7) is 2.26. The van der Waals surface area contributed by atoms with Crippen LogP contribution in [0.3, 0.4) is 0 Å². The topological polar surface area (TPSA) is 42.4 Å². The van der Waals surface area contributed by atoms with Crippen molar-refractivity contribution in [2.24, 2.45) is 0 Å². The van der Waals surface area contributed by atoms with E-state index in [-0.39, 0.29) is 11.7 Å². The molecule has 2 aromatic rings. The smallest absolute Gasteiger partial charge is 0.219 e. The molecule has 1 heterocycles. The third-order valence-corrected chi connectivity index (χ3v) is 3.32. The second kappa shape index (κ2) is 7.54. The Morgan fingerprint density at radius 1 is 1.23 bits per heavy atom. The molecule has 4 nitrogen and oxygen atoms in total. The summed E-state index contributed by atoms with van der Waals surface area (Å²) < 4.78 is 18.5. The molecule has 0 aliphatic heterocycles. The van der Waals surface area contributed by atoms with Crippen molar-refractivity contribution >= 4 is 5.91 Å². The number of pyridine rings is 1. The number of hydrogen-bond acceptors (Lipinski definition) is 3. The summed E-state index contributed by atoms with van der Waals surface area (Å²) >= 11 is 0. The van der Waals surface area contributed by atoms with E-state index in [0.717, 1.165) is 18.4 Å². The summed E-state index contributed by atoms with van der Waals surface area (Å²) in [5, 5.41) is 0. The molecule has 0 radical (unpaired) electrons. The van der Waals surface area contributed by atoms with Crippen LogP contribution in [0.25, 0.3) is 0 Å². The molecule has 0 aliphatic rings. The highest BCUT2D eigenvalue weighted by Gasteiger charge is 2.04. The Bertz CT molecular complexity index is 629. The number of halogens is 1. The summed E-state index contributed by atoms with van der Waals surface area (Å²) in [4.78, 5) is 17.0. The number of benzene rings is 1. The van der Waals surface area contributed by atoms with E-state index in [1.54, 1.807) is 43.4 Å². The first-order valence-electron chi connectivity index (χ1n) is 7.13. The molecule has 0 bridgehead atoms. The first kappa shape index (κ1) is 15.9. The minimum Gasteiger partial charge on any atom is -0.456 e. The first-order valence-corrected chi connectivity index (χ1v) is 7.13. The van der Waals surface area contributed by atoms with Crippen LogP contribution in [0.2, 0.25) is 0 Å². The maximum absolute atomic E-state index is 12.9. The average Bonchev–Trinajstić information content (AvgIpc) is 2.50. The van der Waals surface area contributed by atoms with Crippen LogP contribution in [0, 0.1) is 5.82 Å². The highest BCUT2D eigenvalue weighted by Crippen LogP contribution is 2.21. The van der Waals surface area contributed by atoms with E-state index in [2.05, 4.69) is 4.98 Å². The predicted octanol–water partition coefficient (Wildman–Crippen LogP) is 3.42. The average molecular weight is 302 g/mol. The molecule has 2 rings (SSSR count). The van der Waals surface area contributed by atoms with Gasteiger partial charge in [0.15, 0.2) is 0 Å². The Balaban J connectivity index is 1.92. The van der Waals surface area contributed by atoms with Gasteiger partial charge in [-0.05, 0) is 48.7 Å². The molecule has 1 aromatic heterocycles. The van der Waals surface area contributed by atoms with Gasteiger partial charge in [0.05, 0.1) is 6.20 Å². The molecule has 116 valence electrons. The van der Waals surface area contributed by atoms with E-state index in [1.165, 1.54) is 12.1 Å². The van der Waals surface area contributed by atoms with Gasteiger partial charge in [-0.25, -0.2) is 4.39 Å². The molecule has 0 fully saturated rings. The van der Waals surface area contributed by atoms with Crippen LogP contribution in [-0.4, -0.2) is 29.4 Å². The molecule has 0 unspecified atom stereocenters. The van der Waals surface area contributed by atoms with Crippen LogP contribution in [0.1, 0.15) is 18.9 Å². The standard InChI is InChI=1S/C17H19FN2O2/c1-13(21)20(2)9-3-4-14-10-17(12-19-11-14)22-16-7-5-15(18)6-8-16/h5-8,10-12H,3-4,9H2,1-2H3. The molecule has 0 N–H and O–H groups in total. The Hall–Kier alpha value is -2.43. The van der Waals surface area contributed by atoms with Crippen LogP contribution in [-0.2, 0) is 11.2 Å². The van der Waals surface area contributed by atoms with Crippen LogP contribution in [0.5, 0.6) is 11.5 Å². The van der Waals surface area contributed by atoms with Gasteiger partial charge in [-0.3, -0.25) is 9.78 Å². The summed E-state index contributed by atoms with van der Waals surface area (Å²) in [7, 11) is 1.79. The third-order valence-electron chi connectivity index (χ3n) is 3.32. The van der Waals surface area contributed by atoms with Crippen molar-refractivity contribution in [2.75, 3.05) is 13.6 Å². The number of aryl methyl sites for hydroxylation is 1. The van der Waals surface area contributed by atoms with Crippen LogP contribution in [0.4, 0.5) is 4.39 Å². The van der Waals surface area contributed by atoms with Gasteiger partial charge in [0.1, 0.15) is 17.3 Å². The van der Waals surface area contributed by atoms with Gasteiger partial charge in [-0.1, -0.05) is 0 Å². The Kier molecular flexibility index (Phi) is 5.47. The van der Waals surface area contributed by atoms with Gasteiger partial charge in [-0.15, -0.1) is 0 Å². The largest absolute Gasteiger partial charge is 0.456 e. The lowest BCUT2D eigenvalue weighted by Crippen LogP contribution is -2.25. The molecule has 5 heteroatoms. The minimum atomic E-state index is -0.297. The fraction of sp³-hybridized carbons (Fsp3) is 0.294. The second-order valence-electron chi connectivity index (χ2n) is 5.13. The van der Waals surface area contributed by atoms with Crippen molar-refractivity contribution in [1.82, 2.24) is 9.88 Å². The number of hydrogen-bond donors (Lipinski definition) is 0. The van der Waals surface area contributed by atoms with Crippen LogP contribution >= 0.6 is 0 Å². The lowest BCUT2D eigenvalue weighted by atomic mass is 10.1. The van der Waals surface area contributed by atoms with E-state index < -0.39 is 0 Å². The molecule has 0 spiro atoms. The predicted molar refractivity (Wildman–Crippen MR) is 82.3 cm³/mol. The summed E-state index contributed by atoms with van der Waals surface area (Å²) in [5.41, 5.74) is 1.04. The van der Waals surface area contributed by atoms with Gasteiger partial charge in [0.25, 0.3) is 0 Å². The molecular weight excluding hydrogens is 283 g/mol. The summed E-state index contributed by atoms with van der Waals surface area (Å²) in [6.07, 6.45) is 5.07. The molecule has 1 amide bonds. The van der Waals surface area contributed by atoms with Crippen molar-refractivity contribution in [3.63, 3.8) is 0 Å². The lowest BCUT2D eigenvalue weighted by Gasteiger charge is -2.14. The van der Waals surface area contributed by atoms with Crippen molar-refractivity contribution in [3.8, 4) is 11.5 Å². The molecule has 1 aromatic carbocycles. The van der Waals surface area contributed by atoms with Gasteiger partial charge in [0.2, 0.25) is 5.91 Å². The fourth-order valence-electron chi connectivity index (χ4n) is 1.97. The SMILES string of the molecule is CC(=O)N(C)CCCc1cncc(Oc2ccc(F)cc2)c1. The number of amides is 1. The highest BCUT2D eigenvalue weighted by molar-refractivity contribution is 5.72. The van der Waals surface area contributed by atoms with E-state index in [9.17, 15) is 9.18 Å². The number of aromatic nitrogens is 1. The number of carbonyl (C=O) groups excluding carboxylic acids is 1.